The molecular formula is C23H25ClN4O3S. The lowest BCUT2D eigenvalue weighted by Gasteiger charge is -2.09. The summed E-state index contributed by atoms with van der Waals surface area (Å²) in [5.41, 5.74) is 4.47. The zero-order valence-corrected chi connectivity index (χ0v) is 19.9. The van der Waals surface area contributed by atoms with Gasteiger partial charge in [0.25, 0.3) is 0 Å². The Labute approximate surface area is 193 Å². The Morgan fingerprint density at radius 2 is 1.88 bits per heavy atom. The van der Waals surface area contributed by atoms with E-state index in [2.05, 4.69) is 15.1 Å². The highest BCUT2D eigenvalue weighted by molar-refractivity contribution is 7.89. The predicted octanol–water partition coefficient (Wildman–Crippen LogP) is 4.07. The Morgan fingerprint density at radius 1 is 1.16 bits per heavy atom. The van der Waals surface area contributed by atoms with Gasteiger partial charge in [-0.1, -0.05) is 35.9 Å². The van der Waals surface area contributed by atoms with E-state index < -0.39 is 10.0 Å². The van der Waals surface area contributed by atoms with E-state index in [9.17, 15) is 13.2 Å². The second kappa shape index (κ2) is 9.68. The summed E-state index contributed by atoms with van der Waals surface area (Å²) in [6, 6.07) is 12.3. The fourth-order valence-corrected chi connectivity index (χ4v) is 4.50. The molecule has 0 saturated heterocycles. The van der Waals surface area contributed by atoms with E-state index in [4.69, 9.17) is 11.6 Å². The smallest absolute Gasteiger partial charge is 0.248 e. The number of hydrogen-bond donors (Lipinski definition) is 2. The minimum Gasteiger partial charge on any atom is -0.322 e. The predicted molar refractivity (Wildman–Crippen MR) is 127 cm³/mol. The molecule has 2 aromatic carbocycles. The normalized spacial score (nSPS) is 11.8. The summed E-state index contributed by atoms with van der Waals surface area (Å²) in [4.78, 5) is 12.6. The average molecular weight is 473 g/mol. The van der Waals surface area contributed by atoms with Crippen molar-refractivity contribution >= 4 is 39.3 Å². The summed E-state index contributed by atoms with van der Waals surface area (Å²) in [6.45, 7) is 6.03. The topological polar surface area (TPSA) is 93.1 Å². The first-order valence-electron chi connectivity index (χ1n) is 9.93. The van der Waals surface area contributed by atoms with Crippen molar-refractivity contribution in [1.82, 2.24) is 14.5 Å². The SMILES string of the molecule is CNS(=O)(=O)c1cc(NC(=O)/C=C/c2c(C)nn(Cc3ccccc3Cl)c2C)ccc1C. The van der Waals surface area contributed by atoms with Crippen molar-refractivity contribution in [2.45, 2.75) is 32.2 Å². The molecule has 3 aromatic rings. The lowest BCUT2D eigenvalue weighted by atomic mass is 10.1. The second-order valence-electron chi connectivity index (χ2n) is 7.34. The van der Waals surface area contributed by atoms with Crippen LogP contribution in [0.4, 0.5) is 5.69 Å². The van der Waals surface area contributed by atoms with Crippen molar-refractivity contribution in [2.24, 2.45) is 0 Å². The zero-order chi connectivity index (χ0) is 23.5. The number of carbonyl (C=O) groups is 1. The number of nitrogens with zero attached hydrogens (tertiary/aromatic N) is 2. The average Bonchev–Trinajstić information content (AvgIpc) is 3.02. The van der Waals surface area contributed by atoms with Crippen LogP contribution in [0.5, 0.6) is 0 Å². The number of anilines is 1. The van der Waals surface area contributed by atoms with E-state index in [-0.39, 0.29) is 10.8 Å². The third kappa shape index (κ3) is 5.27. The maximum atomic E-state index is 12.5. The summed E-state index contributed by atoms with van der Waals surface area (Å²) >= 11 is 6.26. The number of rotatable bonds is 7. The van der Waals surface area contributed by atoms with Gasteiger partial charge in [-0.05, 0) is 63.2 Å². The molecule has 0 bridgehead atoms. The number of aryl methyl sites for hydroxylation is 2. The molecule has 1 amide bonds. The van der Waals surface area contributed by atoms with Crippen LogP contribution in [0.3, 0.4) is 0 Å². The Bertz CT molecular complexity index is 1300. The first kappa shape index (κ1) is 23.7. The molecule has 1 heterocycles. The highest BCUT2D eigenvalue weighted by atomic mass is 35.5. The van der Waals surface area contributed by atoms with Gasteiger partial charge in [0.05, 0.1) is 17.1 Å². The molecule has 32 heavy (non-hydrogen) atoms. The molecule has 0 radical (unpaired) electrons. The van der Waals surface area contributed by atoms with Gasteiger partial charge in [-0.3, -0.25) is 9.48 Å². The van der Waals surface area contributed by atoms with E-state index in [0.717, 1.165) is 22.5 Å². The largest absolute Gasteiger partial charge is 0.322 e. The van der Waals surface area contributed by atoms with Gasteiger partial charge in [0.2, 0.25) is 15.9 Å². The van der Waals surface area contributed by atoms with Crippen molar-refractivity contribution in [3.8, 4) is 0 Å². The number of benzene rings is 2. The van der Waals surface area contributed by atoms with Crippen LogP contribution in [0, 0.1) is 20.8 Å². The van der Waals surface area contributed by atoms with Crippen LogP contribution in [-0.2, 0) is 21.4 Å². The lowest BCUT2D eigenvalue weighted by Crippen LogP contribution is -2.20. The van der Waals surface area contributed by atoms with Gasteiger partial charge in [0.15, 0.2) is 0 Å². The second-order valence-corrected chi connectivity index (χ2v) is 9.61. The van der Waals surface area contributed by atoms with Crippen molar-refractivity contribution in [3.05, 3.63) is 81.6 Å². The van der Waals surface area contributed by atoms with Crippen LogP contribution in [-0.4, -0.2) is 31.2 Å². The first-order chi connectivity index (χ1) is 15.1. The van der Waals surface area contributed by atoms with Crippen LogP contribution in [0.15, 0.2) is 53.4 Å². The maximum Gasteiger partial charge on any atom is 0.248 e. The summed E-state index contributed by atoms with van der Waals surface area (Å²) in [5, 5.41) is 7.95. The zero-order valence-electron chi connectivity index (χ0n) is 18.3. The van der Waals surface area contributed by atoms with Gasteiger partial charge < -0.3 is 5.32 Å². The maximum absolute atomic E-state index is 12.5. The third-order valence-electron chi connectivity index (χ3n) is 5.13. The molecule has 3 rings (SSSR count). The van der Waals surface area contributed by atoms with E-state index >= 15 is 0 Å². The number of aromatic nitrogens is 2. The monoisotopic (exact) mass is 472 g/mol. The number of sulfonamides is 1. The minimum atomic E-state index is -3.62. The van der Waals surface area contributed by atoms with Crippen LogP contribution in [0.1, 0.15) is 28.1 Å². The number of hydrogen-bond acceptors (Lipinski definition) is 4. The molecule has 0 aliphatic rings. The van der Waals surface area contributed by atoms with Gasteiger partial charge in [-0.25, -0.2) is 13.1 Å². The minimum absolute atomic E-state index is 0.120. The Morgan fingerprint density at radius 3 is 2.56 bits per heavy atom. The standard InChI is InChI=1S/C23H25ClN4O3S/c1-15-9-10-19(13-22(15)32(30,31)25-4)26-23(29)12-11-20-16(2)27-28(17(20)3)14-18-7-5-6-8-21(18)24/h5-13,25H,14H2,1-4H3,(H,26,29)/b12-11+. The molecule has 168 valence electrons. The molecule has 9 heteroatoms. The van der Waals surface area contributed by atoms with E-state index in [1.165, 1.54) is 19.2 Å². The molecule has 1 aromatic heterocycles. The highest BCUT2D eigenvalue weighted by Crippen LogP contribution is 2.22. The first-order valence-corrected chi connectivity index (χ1v) is 11.8. The van der Waals surface area contributed by atoms with Crippen molar-refractivity contribution < 1.29 is 13.2 Å². The summed E-state index contributed by atoms with van der Waals surface area (Å²) in [6.07, 6.45) is 3.11. The van der Waals surface area contributed by atoms with Crippen LogP contribution in [0.25, 0.3) is 6.08 Å². The summed E-state index contributed by atoms with van der Waals surface area (Å²) in [5.74, 6) is -0.376. The highest BCUT2D eigenvalue weighted by Gasteiger charge is 2.16. The van der Waals surface area contributed by atoms with Crippen LogP contribution >= 0.6 is 11.6 Å². The summed E-state index contributed by atoms with van der Waals surface area (Å²) in [7, 11) is -2.27. The molecule has 0 unspecified atom stereocenters. The van der Waals surface area contributed by atoms with Crippen molar-refractivity contribution in [1.29, 1.82) is 0 Å². The Hall–Kier alpha value is -2.94. The van der Waals surface area contributed by atoms with Gasteiger partial charge in [-0.2, -0.15) is 5.10 Å². The van der Waals surface area contributed by atoms with Gasteiger partial charge >= 0.3 is 0 Å². The molecule has 0 saturated carbocycles. The Balaban J connectivity index is 1.77. The van der Waals surface area contributed by atoms with Crippen molar-refractivity contribution in [3.63, 3.8) is 0 Å². The molecule has 7 nitrogen and oxygen atoms in total. The number of nitrogens with one attached hydrogen (secondary N) is 2. The van der Waals surface area contributed by atoms with Gasteiger partial charge in [0, 0.05) is 28.0 Å². The molecule has 0 atom stereocenters. The van der Waals surface area contributed by atoms with E-state index in [1.54, 1.807) is 25.1 Å². The summed E-state index contributed by atoms with van der Waals surface area (Å²) < 4.78 is 28.4. The number of halogens is 1. The fourth-order valence-electron chi connectivity index (χ4n) is 3.31. The molecule has 0 spiro atoms. The molecular weight excluding hydrogens is 448 g/mol. The Kier molecular flexibility index (Phi) is 7.18. The molecule has 2 N–H and O–H groups in total. The third-order valence-corrected chi connectivity index (χ3v) is 7.06. The van der Waals surface area contributed by atoms with E-state index in [0.29, 0.717) is 22.8 Å². The van der Waals surface area contributed by atoms with Crippen molar-refractivity contribution in [2.75, 3.05) is 12.4 Å². The fraction of sp³-hybridized carbons (Fsp3) is 0.217. The van der Waals surface area contributed by atoms with E-state index in [1.807, 2.05) is 42.8 Å². The molecule has 0 aliphatic heterocycles. The number of amides is 1. The molecule has 0 fully saturated rings. The lowest BCUT2D eigenvalue weighted by molar-refractivity contribution is -0.111. The van der Waals surface area contributed by atoms with Crippen LogP contribution < -0.4 is 10.0 Å². The van der Waals surface area contributed by atoms with Crippen LogP contribution in [0.2, 0.25) is 5.02 Å². The van der Waals surface area contributed by atoms with Gasteiger partial charge in [0.1, 0.15) is 0 Å². The number of carbonyl (C=O) groups excluding carboxylic acids is 1. The molecule has 0 aliphatic carbocycles. The van der Waals surface area contributed by atoms with Gasteiger partial charge in [-0.15, -0.1) is 0 Å². The quantitative estimate of drug-likeness (QED) is 0.507.